The van der Waals surface area contributed by atoms with Gasteiger partial charge in [-0.25, -0.2) is 0 Å². The average molecular weight is 326 g/mol. The van der Waals surface area contributed by atoms with Crippen LogP contribution in [0.4, 0.5) is 0 Å². The number of amides is 1. The fourth-order valence-corrected chi connectivity index (χ4v) is 3.05. The SMILES string of the molecule is COc1ccccc1C(=O)NC[C@H](OC)c1ccc(Cl)s1. The number of methoxy groups -OCH3 is 2. The summed E-state index contributed by atoms with van der Waals surface area (Å²) in [5.74, 6) is 0.347. The van der Waals surface area contributed by atoms with Gasteiger partial charge < -0.3 is 14.8 Å². The van der Waals surface area contributed by atoms with E-state index in [1.165, 1.54) is 18.4 Å². The third-order valence-electron chi connectivity index (χ3n) is 3.00. The molecule has 0 fully saturated rings. The summed E-state index contributed by atoms with van der Waals surface area (Å²) in [6.45, 7) is 0.365. The van der Waals surface area contributed by atoms with Crippen molar-refractivity contribution in [1.29, 1.82) is 0 Å². The third kappa shape index (κ3) is 3.97. The van der Waals surface area contributed by atoms with E-state index in [9.17, 15) is 4.79 Å². The Balaban J connectivity index is 2.02. The molecule has 4 nitrogen and oxygen atoms in total. The number of hydrogen-bond donors (Lipinski definition) is 1. The lowest BCUT2D eigenvalue weighted by Crippen LogP contribution is -2.29. The fourth-order valence-electron chi connectivity index (χ4n) is 1.91. The van der Waals surface area contributed by atoms with E-state index in [4.69, 9.17) is 21.1 Å². The van der Waals surface area contributed by atoms with Gasteiger partial charge in [0.25, 0.3) is 5.91 Å². The van der Waals surface area contributed by atoms with Gasteiger partial charge in [0.05, 0.1) is 17.0 Å². The number of nitrogens with one attached hydrogen (secondary N) is 1. The quantitative estimate of drug-likeness (QED) is 0.884. The summed E-state index contributed by atoms with van der Waals surface area (Å²) in [7, 11) is 3.14. The predicted octanol–water partition coefficient (Wildman–Crippen LogP) is 3.53. The van der Waals surface area contributed by atoms with Crippen molar-refractivity contribution in [2.75, 3.05) is 20.8 Å². The maximum absolute atomic E-state index is 12.2. The standard InChI is InChI=1S/C15H16ClNO3S/c1-19-11-6-4-3-5-10(11)15(18)17-9-12(20-2)13-7-8-14(16)21-13/h3-8,12H,9H2,1-2H3,(H,17,18)/t12-/m0/s1. The van der Waals surface area contributed by atoms with Gasteiger partial charge in [0.1, 0.15) is 11.9 Å². The smallest absolute Gasteiger partial charge is 0.255 e. The van der Waals surface area contributed by atoms with Crippen molar-refractivity contribution < 1.29 is 14.3 Å². The number of carbonyl (C=O) groups is 1. The minimum atomic E-state index is -0.221. The molecule has 0 unspecified atom stereocenters. The molecule has 2 rings (SSSR count). The van der Waals surface area contributed by atoms with Gasteiger partial charge in [-0.05, 0) is 24.3 Å². The van der Waals surface area contributed by atoms with Crippen LogP contribution in [0.25, 0.3) is 0 Å². The van der Waals surface area contributed by atoms with E-state index in [0.29, 0.717) is 22.2 Å². The fraction of sp³-hybridized carbons (Fsp3) is 0.267. The summed E-state index contributed by atoms with van der Waals surface area (Å²) >= 11 is 7.36. The lowest BCUT2D eigenvalue weighted by molar-refractivity contribution is 0.0835. The molecular formula is C15H16ClNO3S. The Hall–Kier alpha value is -1.56. The zero-order chi connectivity index (χ0) is 15.2. The highest BCUT2D eigenvalue weighted by Crippen LogP contribution is 2.28. The summed E-state index contributed by atoms with van der Waals surface area (Å²) in [6.07, 6.45) is -0.221. The van der Waals surface area contributed by atoms with Gasteiger partial charge in [-0.2, -0.15) is 0 Å². The summed E-state index contributed by atoms with van der Waals surface area (Å²) in [4.78, 5) is 13.2. The summed E-state index contributed by atoms with van der Waals surface area (Å²) in [5.41, 5.74) is 0.499. The van der Waals surface area contributed by atoms with Crippen LogP contribution < -0.4 is 10.1 Å². The molecule has 6 heteroatoms. The van der Waals surface area contributed by atoms with Crippen LogP contribution in [0, 0.1) is 0 Å². The van der Waals surface area contributed by atoms with Crippen molar-refractivity contribution in [1.82, 2.24) is 5.32 Å². The maximum Gasteiger partial charge on any atom is 0.255 e. The first kappa shape index (κ1) is 15.8. The Kier molecular flexibility index (Phi) is 5.61. The van der Waals surface area contributed by atoms with Gasteiger partial charge in [-0.15, -0.1) is 11.3 Å². The van der Waals surface area contributed by atoms with E-state index < -0.39 is 0 Å². The van der Waals surface area contributed by atoms with Crippen molar-refractivity contribution in [2.45, 2.75) is 6.10 Å². The minimum absolute atomic E-state index is 0.197. The van der Waals surface area contributed by atoms with E-state index in [-0.39, 0.29) is 12.0 Å². The Morgan fingerprint density at radius 3 is 2.67 bits per heavy atom. The van der Waals surface area contributed by atoms with Crippen molar-refractivity contribution in [3.05, 3.63) is 51.2 Å². The van der Waals surface area contributed by atoms with Gasteiger partial charge >= 0.3 is 0 Å². The third-order valence-corrected chi connectivity index (χ3v) is 4.32. The molecule has 2 aromatic rings. The summed E-state index contributed by atoms with van der Waals surface area (Å²) in [6, 6.07) is 10.8. The van der Waals surface area contributed by atoms with Crippen molar-refractivity contribution in [3.63, 3.8) is 0 Å². The van der Waals surface area contributed by atoms with E-state index in [1.807, 2.05) is 18.2 Å². The molecule has 0 radical (unpaired) electrons. The molecule has 0 aliphatic carbocycles. The molecule has 21 heavy (non-hydrogen) atoms. The minimum Gasteiger partial charge on any atom is -0.496 e. The van der Waals surface area contributed by atoms with E-state index in [2.05, 4.69) is 5.32 Å². The number of rotatable bonds is 6. The number of halogens is 1. The van der Waals surface area contributed by atoms with Gasteiger partial charge in [0.2, 0.25) is 0 Å². The molecule has 0 aliphatic heterocycles. The van der Waals surface area contributed by atoms with Crippen LogP contribution in [0.5, 0.6) is 5.75 Å². The molecule has 1 amide bonds. The number of carbonyl (C=O) groups excluding carboxylic acids is 1. The molecule has 0 bridgehead atoms. The Morgan fingerprint density at radius 2 is 2.05 bits per heavy atom. The van der Waals surface area contributed by atoms with Crippen molar-refractivity contribution >= 4 is 28.8 Å². The highest BCUT2D eigenvalue weighted by molar-refractivity contribution is 7.16. The zero-order valence-electron chi connectivity index (χ0n) is 11.8. The van der Waals surface area contributed by atoms with Crippen molar-refractivity contribution in [3.8, 4) is 5.75 Å². The van der Waals surface area contributed by atoms with E-state index in [0.717, 1.165) is 4.88 Å². The lowest BCUT2D eigenvalue weighted by atomic mass is 10.2. The first-order chi connectivity index (χ1) is 10.2. The van der Waals surface area contributed by atoms with Crippen molar-refractivity contribution in [2.24, 2.45) is 0 Å². The van der Waals surface area contributed by atoms with Crippen LogP contribution in [0.15, 0.2) is 36.4 Å². The highest BCUT2D eigenvalue weighted by atomic mass is 35.5. The first-order valence-electron chi connectivity index (χ1n) is 6.35. The van der Waals surface area contributed by atoms with Crippen LogP contribution in [-0.4, -0.2) is 26.7 Å². The number of thiophene rings is 1. The second kappa shape index (κ2) is 7.45. The number of ether oxygens (including phenoxy) is 2. The lowest BCUT2D eigenvalue weighted by Gasteiger charge is -2.15. The van der Waals surface area contributed by atoms with E-state index >= 15 is 0 Å². The molecule has 1 aromatic heterocycles. The molecule has 112 valence electrons. The molecular weight excluding hydrogens is 310 g/mol. The Bertz CT molecular complexity index is 614. The first-order valence-corrected chi connectivity index (χ1v) is 7.54. The normalized spacial score (nSPS) is 12.0. The molecule has 0 spiro atoms. The molecule has 0 saturated carbocycles. The topological polar surface area (TPSA) is 47.6 Å². The van der Waals surface area contributed by atoms with Crippen LogP contribution in [0.2, 0.25) is 4.34 Å². The monoisotopic (exact) mass is 325 g/mol. The van der Waals surface area contributed by atoms with Gasteiger partial charge in [0.15, 0.2) is 0 Å². The molecule has 0 saturated heterocycles. The van der Waals surface area contributed by atoms with Crippen LogP contribution >= 0.6 is 22.9 Å². The van der Waals surface area contributed by atoms with Crippen LogP contribution in [0.3, 0.4) is 0 Å². The zero-order valence-corrected chi connectivity index (χ0v) is 13.3. The van der Waals surface area contributed by atoms with Gasteiger partial charge in [-0.1, -0.05) is 23.7 Å². The maximum atomic E-state index is 12.2. The van der Waals surface area contributed by atoms with Crippen LogP contribution in [0.1, 0.15) is 21.3 Å². The second-order valence-electron chi connectivity index (χ2n) is 4.28. The van der Waals surface area contributed by atoms with Gasteiger partial charge in [0, 0.05) is 18.5 Å². The van der Waals surface area contributed by atoms with Crippen LogP contribution in [-0.2, 0) is 4.74 Å². The Morgan fingerprint density at radius 1 is 1.29 bits per heavy atom. The molecule has 1 N–H and O–H groups in total. The second-order valence-corrected chi connectivity index (χ2v) is 6.02. The Labute approximate surface area is 132 Å². The van der Waals surface area contributed by atoms with Gasteiger partial charge in [-0.3, -0.25) is 4.79 Å². The predicted molar refractivity (Wildman–Crippen MR) is 84.4 cm³/mol. The number of benzene rings is 1. The molecule has 0 aliphatic rings. The number of hydrogen-bond acceptors (Lipinski definition) is 4. The molecule has 1 atom stereocenters. The summed E-state index contributed by atoms with van der Waals surface area (Å²) < 4.78 is 11.3. The molecule has 1 heterocycles. The average Bonchev–Trinajstić information content (AvgIpc) is 2.94. The summed E-state index contributed by atoms with van der Waals surface area (Å²) in [5, 5.41) is 2.85. The molecule has 1 aromatic carbocycles. The number of para-hydroxylation sites is 1. The highest BCUT2D eigenvalue weighted by Gasteiger charge is 2.16. The van der Waals surface area contributed by atoms with E-state index in [1.54, 1.807) is 25.3 Å². The largest absolute Gasteiger partial charge is 0.496 e.